The van der Waals surface area contributed by atoms with Crippen molar-refractivity contribution in [1.29, 1.82) is 0 Å². The molecule has 2 atom stereocenters. The van der Waals surface area contributed by atoms with E-state index >= 15 is 0 Å². The number of hydrogen-bond acceptors (Lipinski definition) is 3. The fraction of sp³-hybridized carbons (Fsp3) is 0.600. The average Bonchev–Trinajstić information content (AvgIpc) is 2.41. The number of alkyl halides is 3. The van der Waals surface area contributed by atoms with Gasteiger partial charge < -0.3 is 10.0 Å². The van der Waals surface area contributed by atoms with Gasteiger partial charge in [-0.05, 0) is 31.7 Å². The first-order chi connectivity index (χ1) is 9.82. The number of likely N-dealkylation sites (N-methyl/N-ethyl adjacent to an activating group) is 1. The quantitative estimate of drug-likeness (QED) is 0.928. The number of piperazine rings is 1. The summed E-state index contributed by atoms with van der Waals surface area (Å²) in [5.41, 5.74) is -0.149. The van der Waals surface area contributed by atoms with Crippen molar-refractivity contribution in [2.45, 2.75) is 25.2 Å². The van der Waals surface area contributed by atoms with Crippen molar-refractivity contribution in [1.82, 2.24) is 9.80 Å². The summed E-state index contributed by atoms with van der Waals surface area (Å²) in [6.07, 6.45) is -4.36. The molecule has 0 spiro atoms. The van der Waals surface area contributed by atoms with Gasteiger partial charge in [0.2, 0.25) is 0 Å². The lowest BCUT2D eigenvalue weighted by Crippen LogP contribution is -2.52. The summed E-state index contributed by atoms with van der Waals surface area (Å²) in [5.74, 6) is 0. The maximum absolute atomic E-state index is 12.8. The summed E-state index contributed by atoms with van der Waals surface area (Å²) in [5, 5.41) is 9.67. The van der Waals surface area contributed by atoms with Gasteiger partial charge in [0, 0.05) is 25.7 Å². The molecule has 0 amide bonds. The Morgan fingerprint density at radius 3 is 2.62 bits per heavy atom. The maximum atomic E-state index is 12.8. The Hall–Kier alpha value is -1.11. The maximum Gasteiger partial charge on any atom is 0.416 e. The minimum absolute atomic E-state index is 0.185. The van der Waals surface area contributed by atoms with Gasteiger partial charge >= 0.3 is 6.18 Å². The first-order valence-electron chi connectivity index (χ1n) is 7.05. The van der Waals surface area contributed by atoms with E-state index in [9.17, 15) is 18.3 Å². The van der Waals surface area contributed by atoms with E-state index in [0.29, 0.717) is 5.56 Å². The standard InChI is InChI=1S/C15H21F3N2O/c1-11-9-19(2)6-7-20(11)14(10-21)12-4-3-5-13(8-12)15(16,17)18/h3-5,8,11,14,21H,6-7,9-10H2,1-2H3. The van der Waals surface area contributed by atoms with Crippen molar-refractivity contribution in [3.63, 3.8) is 0 Å². The number of benzene rings is 1. The first kappa shape index (κ1) is 16.3. The zero-order valence-electron chi connectivity index (χ0n) is 12.3. The number of halogens is 3. The van der Waals surface area contributed by atoms with Crippen molar-refractivity contribution in [3.8, 4) is 0 Å². The van der Waals surface area contributed by atoms with Crippen LogP contribution in [0, 0.1) is 0 Å². The number of aliphatic hydroxyl groups excluding tert-OH is 1. The summed E-state index contributed by atoms with van der Waals surface area (Å²) < 4.78 is 38.5. The van der Waals surface area contributed by atoms with E-state index in [4.69, 9.17) is 0 Å². The molecule has 0 aromatic heterocycles. The van der Waals surface area contributed by atoms with Crippen LogP contribution < -0.4 is 0 Å². The molecule has 1 N–H and O–H groups in total. The summed E-state index contributed by atoms with van der Waals surface area (Å²) in [6, 6.07) is 5.06. The molecule has 6 heteroatoms. The molecule has 3 nitrogen and oxygen atoms in total. The third-order valence-corrected chi connectivity index (χ3v) is 4.05. The van der Waals surface area contributed by atoms with Gasteiger partial charge in [-0.1, -0.05) is 12.1 Å². The zero-order chi connectivity index (χ0) is 15.6. The van der Waals surface area contributed by atoms with Crippen LogP contribution in [-0.4, -0.2) is 54.2 Å². The van der Waals surface area contributed by atoms with E-state index in [-0.39, 0.29) is 12.6 Å². The van der Waals surface area contributed by atoms with Gasteiger partial charge in [0.05, 0.1) is 18.2 Å². The van der Waals surface area contributed by atoms with Crippen LogP contribution in [0.4, 0.5) is 13.2 Å². The number of rotatable bonds is 3. The Morgan fingerprint density at radius 1 is 1.33 bits per heavy atom. The van der Waals surface area contributed by atoms with Gasteiger partial charge in [-0.2, -0.15) is 13.2 Å². The molecule has 1 heterocycles. The SMILES string of the molecule is CC1CN(C)CCN1C(CO)c1cccc(C(F)(F)F)c1. The lowest BCUT2D eigenvalue weighted by Gasteiger charge is -2.42. The van der Waals surface area contributed by atoms with Crippen LogP contribution in [-0.2, 0) is 6.18 Å². The molecule has 1 aromatic rings. The van der Waals surface area contributed by atoms with E-state index in [2.05, 4.69) is 9.80 Å². The van der Waals surface area contributed by atoms with Crippen molar-refractivity contribution in [3.05, 3.63) is 35.4 Å². The number of nitrogens with zero attached hydrogens (tertiary/aromatic N) is 2. The van der Waals surface area contributed by atoms with Crippen molar-refractivity contribution < 1.29 is 18.3 Å². The average molecular weight is 302 g/mol. The van der Waals surface area contributed by atoms with Gasteiger partial charge in [-0.3, -0.25) is 4.90 Å². The molecular weight excluding hydrogens is 281 g/mol. The second-order valence-electron chi connectivity index (χ2n) is 5.67. The fourth-order valence-corrected chi connectivity index (χ4v) is 2.94. The van der Waals surface area contributed by atoms with E-state index in [1.54, 1.807) is 6.07 Å². The van der Waals surface area contributed by atoms with Gasteiger partial charge in [0.1, 0.15) is 0 Å². The Kier molecular flexibility index (Phi) is 4.91. The first-order valence-corrected chi connectivity index (χ1v) is 7.05. The third-order valence-electron chi connectivity index (χ3n) is 4.05. The minimum atomic E-state index is -4.36. The highest BCUT2D eigenvalue weighted by Gasteiger charge is 2.33. The van der Waals surface area contributed by atoms with Crippen LogP contribution in [0.2, 0.25) is 0 Å². The van der Waals surface area contributed by atoms with Crippen molar-refractivity contribution in [2.24, 2.45) is 0 Å². The smallest absolute Gasteiger partial charge is 0.394 e. The van der Waals surface area contributed by atoms with Crippen LogP contribution in [0.5, 0.6) is 0 Å². The topological polar surface area (TPSA) is 26.7 Å². The second kappa shape index (κ2) is 6.34. The molecular formula is C15H21F3N2O. The van der Waals surface area contributed by atoms with E-state index in [0.717, 1.165) is 31.8 Å². The summed E-state index contributed by atoms with van der Waals surface area (Å²) >= 11 is 0. The summed E-state index contributed by atoms with van der Waals surface area (Å²) in [4.78, 5) is 4.26. The van der Waals surface area contributed by atoms with Gasteiger partial charge in [0.25, 0.3) is 0 Å². The van der Waals surface area contributed by atoms with Crippen LogP contribution in [0.15, 0.2) is 24.3 Å². The molecule has 21 heavy (non-hydrogen) atoms. The van der Waals surface area contributed by atoms with Gasteiger partial charge in [-0.15, -0.1) is 0 Å². The molecule has 1 aliphatic rings. The Bertz CT molecular complexity index is 478. The highest BCUT2D eigenvalue weighted by atomic mass is 19.4. The monoisotopic (exact) mass is 302 g/mol. The Labute approximate surface area is 123 Å². The molecule has 1 saturated heterocycles. The van der Waals surface area contributed by atoms with Crippen LogP contribution in [0.3, 0.4) is 0 Å². The molecule has 1 aromatic carbocycles. The van der Waals surface area contributed by atoms with Crippen LogP contribution >= 0.6 is 0 Å². The van der Waals surface area contributed by atoms with Gasteiger partial charge in [0.15, 0.2) is 0 Å². The van der Waals surface area contributed by atoms with Crippen LogP contribution in [0.25, 0.3) is 0 Å². The summed E-state index contributed by atoms with van der Waals surface area (Å²) in [6.45, 7) is 4.27. The molecule has 1 aliphatic heterocycles. The molecule has 2 rings (SSSR count). The molecule has 0 saturated carbocycles. The molecule has 0 aliphatic carbocycles. The van der Waals surface area contributed by atoms with Gasteiger partial charge in [-0.25, -0.2) is 0 Å². The Balaban J connectivity index is 2.25. The predicted molar refractivity (Wildman–Crippen MR) is 74.9 cm³/mol. The minimum Gasteiger partial charge on any atom is -0.394 e. The lowest BCUT2D eigenvalue weighted by molar-refractivity contribution is -0.137. The lowest BCUT2D eigenvalue weighted by atomic mass is 10.00. The Morgan fingerprint density at radius 2 is 2.05 bits per heavy atom. The molecule has 1 fully saturated rings. The number of hydrogen-bond donors (Lipinski definition) is 1. The van der Waals surface area contributed by atoms with E-state index in [1.165, 1.54) is 6.07 Å². The molecule has 118 valence electrons. The van der Waals surface area contributed by atoms with Crippen molar-refractivity contribution in [2.75, 3.05) is 33.3 Å². The number of aliphatic hydroxyl groups is 1. The van der Waals surface area contributed by atoms with E-state index in [1.807, 2.05) is 14.0 Å². The predicted octanol–water partition coefficient (Wildman–Crippen LogP) is 2.37. The zero-order valence-corrected chi connectivity index (χ0v) is 12.3. The molecule has 2 unspecified atom stereocenters. The highest BCUT2D eigenvalue weighted by Crippen LogP contribution is 2.32. The highest BCUT2D eigenvalue weighted by molar-refractivity contribution is 5.28. The third kappa shape index (κ3) is 3.75. The second-order valence-corrected chi connectivity index (χ2v) is 5.67. The fourth-order valence-electron chi connectivity index (χ4n) is 2.94. The van der Waals surface area contributed by atoms with Crippen LogP contribution in [0.1, 0.15) is 24.1 Å². The molecule has 0 bridgehead atoms. The van der Waals surface area contributed by atoms with Crippen molar-refractivity contribution >= 4 is 0 Å². The largest absolute Gasteiger partial charge is 0.416 e. The van der Waals surface area contributed by atoms with E-state index < -0.39 is 17.8 Å². The summed E-state index contributed by atoms with van der Waals surface area (Å²) in [7, 11) is 2.02. The normalized spacial score (nSPS) is 23.2. The molecule has 0 radical (unpaired) electrons.